The average Bonchev–Trinajstić information content (AvgIpc) is 2.64. The molecule has 0 atom stereocenters. The maximum Gasteiger partial charge on any atom is 0.266 e. The number of nitrogens with zero attached hydrogens (tertiary/aromatic N) is 1. The number of hydrogen-bond donors (Lipinski definition) is 1. The second kappa shape index (κ2) is 6.43. The molecule has 104 valence electrons. The number of aromatic hydroxyl groups is 1. The minimum atomic E-state index is -0.125. The molecule has 20 heavy (non-hydrogen) atoms. The Morgan fingerprint density at radius 2 is 2.00 bits per heavy atom. The molecule has 0 saturated carbocycles. The van der Waals surface area contributed by atoms with E-state index in [1.165, 1.54) is 16.7 Å². The summed E-state index contributed by atoms with van der Waals surface area (Å²) in [6.45, 7) is 4.02. The van der Waals surface area contributed by atoms with Gasteiger partial charge in [-0.05, 0) is 55.6 Å². The third kappa shape index (κ3) is 3.16. The van der Waals surface area contributed by atoms with Gasteiger partial charge in [0.25, 0.3) is 5.91 Å². The minimum Gasteiger partial charge on any atom is -0.506 e. The van der Waals surface area contributed by atoms with Crippen LogP contribution in [0.5, 0.6) is 5.75 Å². The number of halogens is 2. The van der Waals surface area contributed by atoms with Crippen LogP contribution in [0, 0.1) is 0 Å². The van der Waals surface area contributed by atoms with Gasteiger partial charge in [-0.3, -0.25) is 9.69 Å². The van der Waals surface area contributed by atoms with Crippen LogP contribution in [-0.4, -0.2) is 26.8 Å². The number of hydrogen-bond acceptors (Lipinski definition) is 4. The number of thiocarbonyl (C=S) groups is 1. The molecular weight excluding hydrogens is 426 g/mol. The molecule has 0 spiro atoms. The van der Waals surface area contributed by atoms with Crippen LogP contribution in [0.1, 0.15) is 5.56 Å². The number of amides is 1. The molecule has 1 aliphatic heterocycles. The zero-order valence-electron chi connectivity index (χ0n) is 10.1. The lowest BCUT2D eigenvalue weighted by atomic mass is 10.2. The van der Waals surface area contributed by atoms with E-state index in [0.717, 1.165) is 5.56 Å². The highest BCUT2D eigenvalue weighted by Crippen LogP contribution is 2.36. The first-order valence-electron chi connectivity index (χ1n) is 5.48. The van der Waals surface area contributed by atoms with Crippen LogP contribution in [0.3, 0.4) is 0 Å². The number of carbonyl (C=O) groups excluding carboxylic acids is 1. The highest BCUT2D eigenvalue weighted by molar-refractivity contribution is 9.11. The van der Waals surface area contributed by atoms with Crippen LogP contribution in [-0.2, 0) is 4.79 Å². The summed E-state index contributed by atoms with van der Waals surface area (Å²) in [6, 6.07) is 3.47. The second-order valence-electron chi connectivity index (χ2n) is 3.91. The summed E-state index contributed by atoms with van der Waals surface area (Å²) in [5.41, 5.74) is 0.792. The molecule has 0 radical (unpaired) electrons. The molecule has 0 aliphatic carbocycles. The zero-order chi connectivity index (χ0) is 14.9. The van der Waals surface area contributed by atoms with E-state index in [0.29, 0.717) is 24.7 Å². The van der Waals surface area contributed by atoms with Gasteiger partial charge in [0.05, 0.1) is 13.9 Å². The fourth-order valence-corrected chi connectivity index (χ4v) is 4.10. The number of rotatable bonds is 3. The van der Waals surface area contributed by atoms with Crippen molar-refractivity contribution in [2.45, 2.75) is 0 Å². The molecular formula is C13H9Br2NO2S2. The number of phenolic OH excluding ortho intramolecular Hbond substituents is 1. The molecule has 0 unspecified atom stereocenters. The Morgan fingerprint density at radius 3 is 2.55 bits per heavy atom. The Hall–Kier alpha value is -0.630. The van der Waals surface area contributed by atoms with E-state index in [4.69, 9.17) is 12.2 Å². The summed E-state index contributed by atoms with van der Waals surface area (Å²) in [6.07, 6.45) is 3.39. The molecule has 7 heteroatoms. The summed E-state index contributed by atoms with van der Waals surface area (Å²) >= 11 is 12.9. The van der Waals surface area contributed by atoms with Gasteiger partial charge in [-0.2, -0.15) is 0 Å². The number of thioether (sulfide) groups is 1. The van der Waals surface area contributed by atoms with Crippen molar-refractivity contribution in [3.63, 3.8) is 0 Å². The fraction of sp³-hybridized carbons (Fsp3) is 0.0769. The maximum absolute atomic E-state index is 12.2. The first-order valence-corrected chi connectivity index (χ1v) is 8.29. The maximum atomic E-state index is 12.2. The Labute approximate surface area is 143 Å². The first-order chi connectivity index (χ1) is 9.43. The smallest absolute Gasteiger partial charge is 0.266 e. The Bertz CT molecular complexity index is 620. The number of phenols is 1. The molecule has 0 aromatic heterocycles. The second-order valence-corrected chi connectivity index (χ2v) is 7.30. The fourth-order valence-electron chi connectivity index (χ4n) is 1.61. The highest BCUT2D eigenvalue weighted by atomic mass is 79.9. The molecule has 1 heterocycles. The molecule has 0 bridgehead atoms. The minimum absolute atomic E-state index is 0.125. The summed E-state index contributed by atoms with van der Waals surface area (Å²) < 4.78 is 1.64. The standard InChI is InChI=1S/C13H9Br2NO2S2/c1-2-3-16-12(18)10(20-13(16)19)6-7-4-8(14)11(17)9(15)5-7/h2,4-6,17H,1,3H2/b10-6-. The summed E-state index contributed by atoms with van der Waals surface area (Å²) in [5, 5.41) is 9.67. The van der Waals surface area contributed by atoms with Crippen molar-refractivity contribution in [2.75, 3.05) is 6.54 Å². The highest BCUT2D eigenvalue weighted by Gasteiger charge is 2.30. The van der Waals surface area contributed by atoms with E-state index in [1.54, 1.807) is 24.3 Å². The zero-order valence-corrected chi connectivity index (χ0v) is 14.9. The van der Waals surface area contributed by atoms with E-state index in [1.807, 2.05) is 0 Å². The summed E-state index contributed by atoms with van der Waals surface area (Å²) in [7, 11) is 0. The van der Waals surface area contributed by atoms with Crippen molar-refractivity contribution < 1.29 is 9.90 Å². The van der Waals surface area contributed by atoms with Gasteiger partial charge in [-0.25, -0.2) is 0 Å². The van der Waals surface area contributed by atoms with Gasteiger partial charge in [0, 0.05) is 6.54 Å². The van der Waals surface area contributed by atoms with Gasteiger partial charge in [0.15, 0.2) is 0 Å². The predicted molar refractivity (Wildman–Crippen MR) is 93.6 cm³/mol. The predicted octanol–water partition coefficient (Wildman–Crippen LogP) is 4.30. The molecule has 2 rings (SSSR count). The Morgan fingerprint density at radius 1 is 1.40 bits per heavy atom. The van der Waals surface area contributed by atoms with Gasteiger partial charge in [-0.15, -0.1) is 6.58 Å². The van der Waals surface area contributed by atoms with Gasteiger partial charge in [-0.1, -0.05) is 30.1 Å². The normalized spacial score (nSPS) is 17.1. The van der Waals surface area contributed by atoms with Crippen molar-refractivity contribution in [1.29, 1.82) is 0 Å². The van der Waals surface area contributed by atoms with E-state index < -0.39 is 0 Å². The van der Waals surface area contributed by atoms with Crippen LogP contribution in [0.4, 0.5) is 0 Å². The SMILES string of the molecule is C=CCN1C(=O)/C(=C/c2cc(Br)c(O)c(Br)c2)SC1=S. The first kappa shape index (κ1) is 15.8. The van der Waals surface area contributed by atoms with Crippen molar-refractivity contribution in [2.24, 2.45) is 0 Å². The lowest BCUT2D eigenvalue weighted by Gasteiger charge is -2.10. The van der Waals surface area contributed by atoms with E-state index >= 15 is 0 Å². The molecule has 1 aromatic carbocycles. The van der Waals surface area contributed by atoms with Gasteiger partial charge in [0.1, 0.15) is 10.1 Å². The van der Waals surface area contributed by atoms with E-state index in [2.05, 4.69) is 38.4 Å². The van der Waals surface area contributed by atoms with Crippen LogP contribution in [0.15, 0.2) is 38.6 Å². The lowest BCUT2D eigenvalue weighted by molar-refractivity contribution is -0.121. The average molecular weight is 435 g/mol. The Balaban J connectivity index is 2.35. The molecule has 1 saturated heterocycles. The van der Waals surface area contributed by atoms with Crippen molar-refractivity contribution >= 4 is 72.1 Å². The number of carbonyl (C=O) groups is 1. The van der Waals surface area contributed by atoms with Crippen molar-refractivity contribution in [1.82, 2.24) is 4.90 Å². The van der Waals surface area contributed by atoms with Crippen LogP contribution in [0.2, 0.25) is 0 Å². The third-order valence-electron chi connectivity index (χ3n) is 2.52. The molecule has 1 fully saturated rings. The van der Waals surface area contributed by atoms with E-state index in [-0.39, 0.29) is 11.7 Å². The molecule has 1 aliphatic rings. The molecule has 1 N–H and O–H groups in total. The Kier molecular flexibility index (Phi) is 5.06. The van der Waals surface area contributed by atoms with Crippen LogP contribution < -0.4 is 0 Å². The van der Waals surface area contributed by atoms with E-state index in [9.17, 15) is 9.90 Å². The summed E-state index contributed by atoms with van der Waals surface area (Å²) in [4.78, 5) is 14.2. The molecule has 3 nitrogen and oxygen atoms in total. The van der Waals surface area contributed by atoms with Crippen molar-refractivity contribution in [3.8, 4) is 5.75 Å². The quantitative estimate of drug-likeness (QED) is 0.437. The van der Waals surface area contributed by atoms with Gasteiger partial charge < -0.3 is 5.11 Å². The van der Waals surface area contributed by atoms with Crippen LogP contribution in [0.25, 0.3) is 6.08 Å². The third-order valence-corrected chi connectivity index (χ3v) is 5.11. The molecule has 1 amide bonds. The van der Waals surface area contributed by atoms with Gasteiger partial charge in [0.2, 0.25) is 0 Å². The van der Waals surface area contributed by atoms with Crippen LogP contribution >= 0.6 is 55.8 Å². The van der Waals surface area contributed by atoms with Gasteiger partial charge >= 0.3 is 0 Å². The monoisotopic (exact) mass is 433 g/mol. The lowest BCUT2D eigenvalue weighted by Crippen LogP contribution is -2.27. The topological polar surface area (TPSA) is 40.5 Å². The molecule has 1 aromatic rings. The largest absolute Gasteiger partial charge is 0.506 e. The summed E-state index contributed by atoms with van der Waals surface area (Å²) in [5.74, 6) is 0.00146. The number of benzene rings is 1. The van der Waals surface area contributed by atoms with Crippen molar-refractivity contribution in [3.05, 3.63) is 44.2 Å².